The normalized spacial score (nSPS) is 10.8. The van der Waals surface area contributed by atoms with E-state index in [9.17, 15) is 0 Å². The van der Waals surface area contributed by atoms with Crippen LogP contribution in [0.15, 0.2) is 0 Å². The lowest BCUT2D eigenvalue weighted by molar-refractivity contribution is 0.502. The monoisotopic (exact) mass is 228 g/mol. The van der Waals surface area contributed by atoms with E-state index in [1.807, 2.05) is 0 Å². The van der Waals surface area contributed by atoms with E-state index in [-0.39, 0.29) is 5.41 Å². The van der Waals surface area contributed by atoms with E-state index in [0.29, 0.717) is 0 Å². The van der Waals surface area contributed by atoms with Gasteiger partial charge >= 0.3 is 0 Å². The molecule has 0 N–H and O–H groups in total. The molecule has 0 amide bonds. The van der Waals surface area contributed by atoms with E-state index in [4.69, 9.17) is 0 Å². The zero-order chi connectivity index (χ0) is 11.9. The number of aromatic nitrogens is 2. The van der Waals surface area contributed by atoms with Gasteiger partial charge in [-0.05, 0) is 18.0 Å². The van der Waals surface area contributed by atoms with E-state index in [1.54, 1.807) is 11.5 Å². The average molecular weight is 228 g/mol. The Labute approximate surface area is 98.3 Å². The predicted molar refractivity (Wildman–Crippen MR) is 68.6 cm³/mol. The largest absolute Gasteiger partial charge is 0.224 e. The van der Waals surface area contributed by atoms with Crippen LogP contribution in [0.4, 0.5) is 0 Å². The molecule has 0 spiro atoms. The second kappa shape index (κ2) is 6.94. The van der Waals surface area contributed by atoms with Crippen molar-refractivity contribution in [1.29, 1.82) is 0 Å². The van der Waals surface area contributed by atoms with Crippen LogP contribution in [0.1, 0.15) is 65.2 Å². The van der Waals surface area contributed by atoms with Gasteiger partial charge in [0.25, 0.3) is 0 Å². The quantitative estimate of drug-likeness (QED) is 0.774. The topological polar surface area (TPSA) is 25.8 Å². The van der Waals surface area contributed by atoms with Gasteiger partial charge in [-0.15, -0.1) is 0 Å². The van der Waals surface area contributed by atoms with Crippen LogP contribution in [0, 0.1) is 0 Å². The second-order valence-corrected chi connectivity index (χ2v) is 5.07. The minimum atomic E-state index is 0.199. The zero-order valence-corrected chi connectivity index (χ0v) is 11.7. The number of nitrogens with zero attached hydrogens (tertiary/aromatic N) is 2. The van der Waals surface area contributed by atoms with Crippen LogP contribution in [0.5, 0.6) is 0 Å². The Hall–Kier alpha value is -0.440. The van der Waals surface area contributed by atoms with E-state index in [2.05, 4.69) is 50.9 Å². The molecular formula is C12H24N2S. The Bertz CT molecular complexity index is 266. The summed E-state index contributed by atoms with van der Waals surface area (Å²) < 4.78 is 4.28. The lowest BCUT2D eigenvalue weighted by Gasteiger charge is -2.17. The van der Waals surface area contributed by atoms with Gasteiger partial charge in [-0.3, -0.25) is 0 Å². The summed E-state index contributed by atoms with van der Waals surface area (Å²) in [5, 5.41) is 1.17. The molecule has 0 bridgehead atoms. The Morgan fingerprint density at radius 2 is 1.67 bits per heavy atom. The zero-order valence-electron chi connectivity index (χ0n) is 10.9. The lowest BCUT2D eigenvalue weighted by atomic mass is 9.91. The highest BCUT2D eigenvalue weighted by Gasteiger charge is 2.22. The molecule has 0 radical (unpaired) electrons. The number of hydrogen-bond donors (Lipinski definition) is 0. The summed E-state index contributed by atoms with van der Waals surface area (Å²) in [6, 6.07) is 0. The summed E-state index contributed by atoms with van der Waals surface area (Å²) in [5.41, 5.74) is 0.199. The van der Waals surface area contributed by atoms with Crippen molar-refractivity contribution in [2.75, 3.05) is 0 Å². The molecule has 2 nitrogen and oxygen atoms in total. The summed E-state index contributed by atoms with van der Waals surface area (Å²) in [6.07, 6.45) is 3.31. The molecule has 1 rings (SSSR count). The SMILES string of the molecule is CCC.CCc1nsc(C(C)(C)CC)n1. The van der Waals surface area contributed by atoms with Crippen molar-refractivity contribution in [2.45, 2.75) is 66.2 Å². The van der Waals surface area contributed by atoms with E-state index >= 15 is 0 Å². The van der Waals surface area contributed by atoms with Crippen molar-refractivity contribution in [2.24, 2.45) is 0 Å². The Morgan fingerprint density at radius 3 is 2.00 bits per heavy atom. The molecule has 0 aliphatic rings. The molecular weight excluding hydrogens is 204 g/mol. The number of rotatable bonds is 3. The summed E-state index contributed by atoms with van der Waals surface area (Å²) in [4.78, 5) is 4.48. The summed E-state index contributed by atoms with van der Waals surface area (Å²) >= 11 is 1.54. The summed E-state index contributed by atoms with van der Waals surface area (Å²) in [5.74, 6) is 0.983. The van der Waals surface area contributed by atoms with Crippen molar-refractivity contribution in [3.63, 3.8) is 0 Å². The van der Waals surface area contributed by atoms with Gasteiger partial charge in [-0.25, -0.2) is 4.98 Å². The van der Waals surface area contributed by atoms with Gasteiger partial charge in [0, 0.05) is 11.8 Å². The maximum absolute atomic E-state index is 4.48. The number of hydrogen-bond acceptors (Lipinski definition) is 3. The van der Waals surface area contributed by atoms with Crippen molar-refractivity contribution < 1.29 is 0 Å². The van der Waals surface area contributed by atoms with Crippen molar-refractivity contribution in [3.05, 3.63) is 10.8 Å². The third-order valence-corrected chi connectivity index (χ3v) is 3.37. The molecule has 0 aliphatic heterocycles. The Morgan fingerprint density at radius 1 is 1.13 bits per heavy atom. The van der Waals surface area contributed by atoms with Crippen LogP contribution < -0.4 is 0 Å². The van der Waals surface area contributed by atoms with Crippen LogP contribution in [-0.2, 0) is 11.8 Å². The van der Waals surface area contributed by atoms with Crippen molar-refractivity contribution >= 4 is 11.5 Å². The van der Waals surface area contributed by atoms with Crippen LogP contribution >= 0.6 is 11.5 Å². The molecule has 0 saturated heterocycles. The third-order valence-electron chi connectivity index (χ3n) is 2.25. The highest BCUT2D eigenvalue weighted by atomic mass is 32.1. The van der Waals surface area contributed by atoms with Gasteiger partial charge in [-0.2, -0.15) is 4.37 Å². The summed E-state index contributed by atoms with van der Waals surface area (Å²) in [7, 11) is 0. The third kappa shape index (κ3) is 4.74. The van der Waals surface area contributed by atoms with Crippen LogP contribution in [0.25, 0.3) is 0 Å². The molecule has 1 aromatic heterocycles. The first-order chi connectivity index (χ1) is 7.01. The highest BCUT2D eigenvalue weighted by Crippen LogP contribution is 2.27. The van der Waals surface area contributed by atoms with Gasteiger partial charge in [0.1, 0.15) is 10.8 Å². The lowest BCUT2D eigenvalue weighted by Crippen LogP contribution is -2.14. The van der Waals surface area contributed by atoms with Crippen molar-refractivity contribution in [1.82, 2.24) is 9.36 Å². The van der Waals surface area contributed by atoms with E-state index < -0.39 is 0 Å². The molecule has 0 aromatic carbocycles. The molecule has 0 fully saturated rings. The van der Waals surface area contributed by atoms with Gasteiger partial charge < -0.3 is 0 Å². The van der Waals surface area contributed by atoms with E-state index in [1.165, 1.54) is 11.4 Å². The molecule has 15 heavy (non-hydrogen) atoms. The first kappa shape index (κ1) is 14.6. The average Bonchev–Trinajstić information content (AvgIpc) is 2.68. The molecule has 88 valence electrons. The smallest absolute Gasteiger partial charge is 0.142 e. The molecule has 0 atom stereocenters. The fourth-order valence-electron chi connectivity index (χ4n) is 0.824. The maximum Gasteiger partial charge on any atom is 0.142 e. The van der Waals surface area contributed by atoms with Gasteiger partial charge in [0.05, 0.1) is 0 Å². The summed E-state index contributed by atoms with van der Waals surface area (Å²) in [6.45, 7) is 13.0. The fourth-order valence-corrected chi connectivity index (χ4v) is 1.72. The Kier molecular flexibility index (Phi) is 6.73. The molecule has 3 heteroatoms. The first-order valence-corrected chi connectivity index (χ1v) is 6.62. The standard InChI is InChI=1S/C9H16N2S.C3H8/c1-5-7-10-8(12-11-7)9(3,4)6-2;1-3-2/h5-6H2,1-4H3;3H2,1-2H3. The fraction of sp³-hybridized carbons (Fsp3) is 0.833. The minimum absolute atomic E-state index is 0.199. The van der Waals surface area contributed by atoms with Gasteiger partial charge in [0.2, 0.25) is 0 Å². The van der Waals surface area contributed by atoms with E-state index in [0.717, 1.165) is 18.7 Å². The van der Waals surface area contributed by atoms with Crippen LogP contribution in [-0.4, -0.2) is 9.36 Å². The second-order valence-electron chi connectivity index (χ2n) is 4.31. The van der Waals surface area contributed by atoms with Crippen LogP contribution in [0.3, 0.4) is 0 Å². The maximum atomic E-state index is 4.48. The molecule has 1 aromatic rings. The molecule has 1 heterocycles. The first-order valence-electron chi connectivity index (χ1n) is 5.84. The minimum Gasteiger partial charge on any atom is -0.224 e. The van der Waals surface area contributed by atoms with Gasteiger partial charge in [-0.1, -0.05) is 48.0 Å². The van der Waals surface area contributed by atoms with Crippen molar-refractivity contribution in [3.8, 4) is 0 Å². The molecule has 0 saturated carbocycles. The Balaban J connectivity index is 0.000000583. The highest BCUT2D eigenvalue weighted by molar-refractivity contribution is 7.05. The predicted octanol–water partition coefficient (Wildman–Crippen LogP) is 4.20. The molecule has 0 aliphatic carbocycles. The molecule has 0 unspecified atom stereocenters. The van der Waals surface area contributed by atoms with Crippen LogP contribution in [0.2, 0.25) is 0 Å². The van der Waals surface area contributed by atoms with Gasteiger partial charge in [0.15, 0.2) is 0 Å². The number of aryl methyl sites for hydroxylation is 1.